The van der Waals surface area contributed by atoms with Gasteiger partial charge in [0.2, 0.25) is 5.13 Å². The second kappa shape index (κ2) is 10.9. The minimum Gasteiger partial charge on any atom is -0.466 e. The molecule has 0 saturated carbocycles. The summed E-state index contributed by atoms with van der Waals surface area (Å²) >= 11 is 1.42. The maximum absolute atomic E-state index is 11.5. The third kappa shape index (κ3) is 6.73. The monoisotopic (exact) mass is 400 g/mol. The van der Waals surface area contributed by atoms with E-state index in [9.17, 15) is 4.79 Å². The highest BCUT2D eigenvalue weighted by Gasteiger charge is 2.09. The van der Waals surface area contributed by atoms with Crippen molar-refractivity contribution < 1.29 is 9.53 Å². The van der Waals surface area contributed by atoms with Gasteiger partial charge >= 0.3 is 5.97 Å². The topological polar surface area (TPSA) is 66.8 Å². The molecular weight excluding hydrogens is 372 g/mol. The lowest BCUT2D eigenvalue weighted by Gasteiger charge is -2.19. The number of rotatable bonds is 8. The highest BCUT2D eigenvalue weighted by molar-refractivity contribution is 7.13. The van der Waals surface area contributed by atoms with E-state index < -0.39 is 0 Å². The Bertz CT molecular complexity index is 765. The molecule has 1 aliphatic rings. The summed E-state index contributed by atoms with van der Waals surface area (Å²) in [5.74, 6) is -0.261. The molecule has 1 N–H and O–H groups in total. The Morgan fingerprint density at radius 2 is 2.00 bits per heavy atom. The summed E-state index contributed by atoms with van der Waals surface area (Å²) in [7, 11) is 0. The van der Waals surface area contributed by atoms with Crippen LogP contribution in [0.25, 0.3) is 0 Å². The summed E-state index contributed by atoms with van der Waals surface area (Å²) in [4.78, 5) is 18.4. The van der Waals surface area contributed by atoms with E-state index in [1.165, 1.54) is 55.7 Å². The van der Waals surface area contributed by atoms with E-state index in [1.807, 2.05) is 5.38 Å². The molecule has 1 aliphatic heterocycles. The molecule has 1 fully saturated rings. The first-order valence-electron chi connectivity index (χ1n) is 9.93. The number of nitrogens with zero attached hydrogens (tertiary/aromatic N) is 3. The second-order valence-electron chi connectivity index (χ2n) is 6.93. The number of benzene rings is 1. The first kappa shape index (κ1) is 20.5. The molecule has 0 spiro atoms. The van der Waals surface area contributed by atoms with Crippen LogP contribution in [0, 0.1) is 0 Å². The maximum Gasteiger partial charge on any atom is 0.311 e. The van der Waals surface area contributed by atoms with Crippen LogP contribution in [-0.4, -0.2) is 41.8 Å². The van der Waals surface area contributed by atoms with Crippen LogP contribution < -0.4 is 5.43 Å². The van der Waals surface area contributed by atoms with Gasteiger partial charge in [-0.1, -0.05) is 37.1 Å². The Labute approximate surface area is 170 Å². The van der Waals surface area contributed by atoms with Crippen LogP contribution >= 0.6 is 11.3 Å². The van der Waals surface area contributed by atoms with Crippen LogP contribution in [0.2, 0.25) is 0 Å². The van der Waals surface area contributed by atoms with Crippen molar-refractivity contribution in [1.82, 2.24) is 9.88 Å². The number of anilines is 1. The van der Waals surface area contributed by atoms with E-state index in [0.717, 1.165) is 12.1 Å². The summed E-state index contributed by atoms with van der Waals surface area (Å²) < 4.78 is 4.93. The van der Waals surface area contributed by atoms with Crippen molar-refractivity contribution in [2.75, 3.05) is 25.1 Å². The number of nitrogens with one attached hydrogen (secondary N) is 1. The van der Waals surface area contributed by atoms with Gasteiger partial charge in [-0.05, 0) is 44.0 Å². The molecule has 0 unspecified atom stereocenters. The molecule has 0 amide bonds. The van der Waals surface area contributed by atoms with Crippen molar-refractivity contribution in [3.05, 3.63) is 46.5 Å². The SMILES string of the molecule is CCOC(=O)Cc1csc(NN=Cc2ccc(CN3CCCCCC3)cc2)n1. The smallest absolute Gasteiger partial charge is 0.311 e. The normalized spacial score (nSPS) is 15.5. The fourth-order valence-electron chi connectivity index (χ4n) is 3.22. The van der Waals surface area contributed by atoms with Gasteiger partial charge in [-0.25, -0.2) is 4.98 Å². The zero-order chi connectivity index (χ0) is 19.6. The van der Waals surface area contributed by atoms with Crippen molar-refractivity contribution >= 4 is 28.7 Å². The molecule has 0 bridgehead atoms. The van der Waals surface area contributed by atoms with Gasteiger partial charge in [0.05, 0.1) is 24.9 Å². The molecule has 1 saturated heterocycles. The lowest BCUT2D eigenvalue weighted by molar-refractivity contribution is -0.142. The second-order valence-corrected chi connectivity index (χ2v) is 7.79. The number of carbonyl (C=O) groups is 1. The molecule has 6 nitrogen and oxygen atoms in total. The van der Waals surface area contributed by atoms with E-state index in [1.54, 1.807) is 13.1 Å². The van der Waals surface area contributed by atoms with Crippen LogP contribution in [-0.2, 0) is 22.5 Å². The van der Waals surface area contributed by atoms with Crippen LogP contribution in [0.4, 0.5) is 5.13 Å². The third-order valence-electron chi connectivity index (χ3n) is 4.64. The minimum atomic E-state index is -0.261. The Hall–Kier alpha value is -2.25. The fourth-order valence-corrected chi connectivity index (χ4v) is 3.88. The zero-order valence-corrected chi connectivity index (χ0v) is 17.2. The molecule has 1 aromatic carbocycles. The van der Waals surface area contributed by atoms with Gasteiger partial charge in [-0.2, -0.15) is 5.10 Å². The largest absolute Gasteiger partial charge is 0.466 e. The summed E-state index contributed by atoms with van der Waals surface area (Å²) in [5.41, 5.74) is 6.00. The molecule has 0 atom stereocenters. The number of carbonyl (C=O) groups excluding carboxylic acids is 1. The van der Waals surface area contributed by atoms with Crippen molar-refractivity contribution in [3.8, 4) is 0 Å². The van der Waals surface area contributed by atoms with Gasteiger partial charge in [0, 0.05) is 11.9 Å². The predicted octanol–water partition coefficient (Wildman–Crippen LogP) is 4.07. The average Bonchev–Trinajstić information content (AvgIpc) is 2.96. The Balaban J connectivity index is 1.46. The number of thiazole rings is 1. The van der Waals surface area contributed by atoms with Crippen molar-refractivity contribution in [2.24, 2.45) is 5.10 Å². The van der Waals surface area contributed by atoms with Crippen LogP contribution in [0.1, 0.15) is 49.4 Å². The maximum atomic E-state index is 11.5. The van der Waals surface area contributed by atoms with Crippen molar-refractivity contribution in [1.29, 1.82) is 0 Å². The van der Waals surface area contributed by atoms with E-state index in [-0.39, 0.29) is 12.4 Å². The molecule has 0 aliphatic carbocycles. The summed E-state index contributed by atoms with van der Waals surface area (Å²) in [6.07, 6.45) is 7.32. The average molecular weight is 401 g/mol. The highest BCUT2D eigenvalue weighted by Crippen LogP contribution is 2.16. The molecule has 28 heavy (non-hydrogen) atoms. The van der Waals surface area contributed by atoms with Gasteiger partial charge in [-0.15, -0.1) is 11.3 Å². The third-order valence-corrected chi connectivity index (χ3v) is 5.44. The van der Waals surface area contributed by atoms with Crippen molar-refractivity contribution in [3.63, 3.8) is 0 Å². The zero-order valence-electron chi connectivity index (χ0n) is 16.4. The molecular formula is C21H28N4O2S. The molecule has 1 aromatic heterocycles. The number of likely N-dealkylation sites (tertiary alicyclic amines) is 1. The summed E-state index contributed by atoms with van der Waals surface area (Å²) in [6, 6.07) is 8.53. The van der Waals surface area contributed by atoms with Crippen LogP contribution in [0.15, 0.2) is 34.7 Å². The van der Waals surface area contributed by atoms with Gasteiger partial charge < -0.3 is 4.74 Å². The van der Waals surface area contributed by atoms with Gasteiger partial charge in [0.1, 0.15) is 0 Å². The molecule has 150 valence electrons. The van der Waals surface area contributed by atoms with Crippen LogP contribution in [0.3, 0.4) is 0 Å². The number of ether oxygens (including phenoxy) is 1. The highest BCUT2D eigenvalue weighted by atomic mass is 32.1. The Morgan fingerprint density at radius 3 is 2.71 bits per heavy atom. The van der Waals surface area contributed by atoms with Gasteiger partial charge in [0.25, 0.3) is 0 Å². The number of hydrogen-bond donors (Lipinski definition) is 1. The standard InChI is InChI=1S/C21H28N4O2S/c1-2-27-20(26)13-19-16-28-21(23-19)24-22-14-17-7-9-18(10-8-17)15-25-11-5-3-4-6-12-25/h7-10,14,16H,2-6,11-13,15H2,1H3,(H,23,24). The summed E-state index contributed by atoms with van der Waals surface area (Å²) in [6.45, 7) is 5.62. The Kier molecular flexibility index (Phi) is 7.99. The predicted molar refractivity (Wildman–Crippen MR) is 114 cm³/mol. The number of esters is 1. The minimum absolute atomic E-state index is 0.189. The lowest BCUT2D eigenvalue weighted by atomic mass is 10.1. The van der Waals surface area contributed by atoms with E-state index in [4.69, 9.17) is 4.74 Å². The first-order valence-corrected chi connectivity index (χ1v) is 10.8. The van der Waals surface area contributed by atoms with E-state index >= 15 is 0 Å². The van der Waals surface area contributed by atoms with Crippen LogP contribution in [0.5, 0.6) is 0 Å². The Morgan fingerprint density at radius 1 is 1.25 bits per heavy atom. The lowest BCUT2D eigenvalue weighted by Crippen LogP contribution is -2.23. The number of hydrazone groups is 1. The quantitative estimate of drug-likeness (QED) is 0.411. The van der Waals surface area contributed by atoms with Crippen molar-refractivity contribution in [2.45, 2.75) is 45.6 Å². The molecule has 0 radical (unpaired) electrons. The molecule has 2 aromatic rings. The first-order chi connectivity index (χ1) is 13.7. The fraction of sp³-hybridized carbons (Fsp3) is 0.476. The molecule has 7 heteroatoms. The number of hydrogen-bond acceptors (Lipinski definition) is 7. The molecule has 2 heterocycles. The molecule has 3 rings (SSSR count). The van der Waals surface area contributed by atoms with Gasteiger partial charge in [-0.3, -0.25) is 15.1 Å². The summed E-state index contributed by atoms with van der Waals surface area (Å²) in [5, 5.41) is 6.74. The number of aromatic nitrogens is 1. The van der Waals surface area contributed by atoms with E-state index in [0.29, 0.717) is 17.4 Å². The van der Waals surface area contributed by atoms with E-state index in [2.05, 4.69) is 44.7 Å². The van der Waals surface area contributed by atoms with Gasteiger partial charge in [0.15, 0.2) is 0 Å².